The van der Waals surface area contributed by atoms with Gasteiger partial charge in [0.15, 0.2) is 0 Å². The lowest BCUT2D eigenvalue weighted by atomic mass is 10.0. The summed E-state index contributed by atoms with van der Waals surface area (Å²) in [4.78, 5) is 40.7. The van der Waals surface area contributed by atoms with Crippen molar-refractivity contribution in [2.45, 2.75) is 45.4 Å². The minimum Gasteiger partial charge on any atom is -0.339 e. The van der Waals surface area contributed by atoms with Gasteiger partial charge in [0.25, 0.3) is 17.7 Å². The second-order valence-electron chi connectivity index (χ2n) is 6.58. The Kier molecular flexibility index (Phi) is 4.97. The van der Waals surface area contributed by atoms with Gasteiger partial charge >= 0.3 is 0 Å². The monoisotopic (exact) mass is 328 g/mol. The summed E-state index contributed by atoms with van der Waals surface area (Å²) < 4.78 is 0. The fourth-order valence-corrected chi connectivity index (χ4v) is 3.40. The molecule has 0 saturated carbocycles. The number of carbonyl (C=O) groups excluding carboxylic acids is 3. The summed E-state index contributed by atoms with van der Waals surface area (Å²) in [5, 5.41) is 0. The third-order valence-electron chi connectivity index (χ3n) is 4.85. The second kappa shape index (κ2) is 7.16. The van der Waals surface area contributed by atoms with E-state index in [-0.39, 0.29) is 17.7 Å². The molecule has 1 aromatic carbocycles. The molecule has 3 rings (SSSR count). The van der Waals surface area contributed by atoms with Crippen LogP contribution in [0, 0.1) is 0 Å². The SMILES string of the molecule is CCCCN1C(=O)c2ccc(C(=O)N3CCCCCC3)cc2C1=O. The van der Waals surface area contributed by atoms with E-state index in [4.69, 9.17) is 0 Å². The molecule has 24 heavy (non-hydrogen) atoms. The lowest BCUT2D eigenvalue weighted by Crippen LogP contribution is -2.32. The number of unbranched alkanes of at least 4 members (excludes halogenated alkanes) is 1. The minimum absolute atomic E-state index is 0.0352. The third kappa shape index (κ3) is 3.07. The average Bonchev–Trinajstić information content (AvgIpc) is 2.81. The molecular formula is C19H24N2O3. The van der Waals surface area contributed by atoms with Gasteiger partial charge in [-0.1, -0.05) is 26.2 Å². The summed E-state index contributed by atoms with van der Waals surface area (Å²) in [6, 6.07) is 4.92. The van der Waals surface area contributed by atoms with Gasteiger partial charge in [-0.25, -0.2) is 0 Å². The van der Waals surface area contributed by atoms with Gasteiger partial charge in [-0.05, 0) is 37.5 Å². The van der Waals surface area contributed by atoms with Crippen molar-refractivity contribution < 1.29 is 14.4 Å². The third-order valence-corrected chi connectivity index (χ3v) is 4.85. The maximum atomic E-state index is 12.7. The van der Waals surface area contributed by atoms with Gasteiger partial charge in [0, 0.05) is 25.2 Å². The van der Waals surface area contributed by atoms with Gasteiger partial charge in [-0.2, -0.15) is 0 Å². The molecule has 0 atom stereocenters. The fraction of sp³-hybridized carbons (Fsp3) is 0.526. The standard InChI is InChI=1S/C19H24N2O3/c1-2-3-12-21-18(23)15-9-8-14(13-16(15)19(21)24)17(22)20-10-6-4-5-7-11-20/h8-9,13H,2-7,10-12H2,1H3. The Hall–Kier alpha value is -2.17. The van der Waals surface area contributed by atoms with Crippen molar-refractivity contribution in [3.63, 3.8) is 0 Å². The summed E-state index contributed by atoms with van der Waals surface area (Å²) in [7, 11) is 0. The Labute approximate surface area is 142 Å². The number of imide groups is 1. The molecule has 1 fully saturated rings. The molecular weight excluding hydrogens is 304 g/mol. The maximum Gasteiger partial charge on any atom is 0.261 e. The van der Waals surface area contributed by atoms with E-state index in [0.29, 0.717) is 23.2 Å². The second-order valence-corrected chi connectivity index (χ2v) is 6.58. The van der Waals surface area contributed by atoms with Gasteiger partial charge in [-0.15, -0.1) is 0 Å². The van der Waals surface area contributed by atoms with Crippen LogP contribution >= 0.6 is 0 Å². The summed E-state index contributed by atoms with van der Waals surface area (Å²) >= 11 is 0. The number of benzene rings is 1. The molecule has 0 radical (unpaired) electrons. The number of nitrogens with zero attached hydrogens (tertiary/aromatic N) is 2. The number of fused-ring (bicyclic) bond motifs is 1. The molecule has 3 amide bonds. The number of hydrogen-bond donors (Lipinski definition) is 0. The van der Waals surface area contributed by atoms with E-state index >= 15 is 0 Å². The largest absolute Gasteiger partial charge is 0.339 e. The van der Waals surface area contributed by atoms with Crippen LogP contribution in [0.2, 0.25) is 0 Å². The van der Waals surface area contributed by atoms with Gasteiger partial charge in [0.2, 0.25) is 0 Å². The van der Waals surface area contributed by atoms with Crippen molar-refractivity contribution in [1.29, 1.82) is 0 Å². The van der Waals surface area contributed by atoms with E-state index < -0.39 is 0 Å². The number of carbonyl (C=O) groups is 3. The Balaban J connectivity index is 1.82. The highest BCUT2D eigenvalue weighted by Crippen LogP contribution is 2.25. The minimum atomic E-state index is -0.269. The summed E-state index contributed by atoms with van der Waals surface area (Å²) in [6.07, 6.45) is 6.09. The van der Waals surface area contributed by atoms with Crippen LogP contribution in [0.4, 0.5) is 0 Å². The van der Waals surface area contributed by atoms with Gasteiger partial charge < -0.3 is 4.90 Å². The first-order chi connectivity index (χ1) is 11.6. The molecule has 128 valence electrons. The molecule has 2 aliphatic heterocycles. The van der Waals surface area contributed by atoms with E-state index in [0.717, 1.165) is 51.6 Å². The normalized spacial score (nSPS) is 17.9. The zero-order valence-corrected chi connectivity index (χ0v) is 14.2. The van der Waals surface area contributed by atoms with E-state index in [1.165, 1.54) is 4.90 Å². The maximum absolute atomic E-state index is 12.7. The predicted octanol–water partition coefficient (Wildman–Crippen LogP) is 3.10. The van der Waals surface area contributed by atoms with Gasteiger partial charge in [0.05, 0.1) is 11.1 Å². The van der Waals surface area contributed by atoms with E-state index in [9.17, 15) is 14.4 Å². The lowest BCUT2D eigenvalue weighted by Gasteiger charge is -2.20. The Morgan fingerprint density at radius 2 is 1.67 bits per heavy atom. The van der Waals surface area contributed by atoms with Crippen LogP contribution in [0.5, 0.6) is 0 Å². The molecule has 5 heteroatoms. The van der Waals surface area contributed by atoms with Crippen LogP contribution in [-0.2, 0) is 0 Å². The van der Waals surface area contributed by atoms with Gasteiger partial charge in [0.1, 0.15) is 0 Å². The molecule has 0 aliphatic carbocycles. The van der Waals surface area contributed by atoms with Crippen LogP contribution in [-0.4, -0.2) is 47.2 Å². The highest BCUT2D eigenvalue weighted by Gasteiger charge is 2.35. The van der Waals surface area contributed by atoms with E-state index in [2.05, 4.69) is 0 Å². The molecule has 1 saturated heterocycles. The Bertz CT molecular complexity index is 661. The Morgan fingerprint density at radius 3 is 2.33 bits per heavy atom. The van der Waals surface area contributed by atoms with Crippen LogP contribution in [0.15, 0.2) is 18.2 Å². The molecule has 0 bridgehead atoms. The molecule has 2 heterocycles. The van der Waals surface area contributed by atoms with Crippen molar-refractivity contribution in [2.24, 2.45) is 0 Å². The highest BCUT2D eigenvalue weighted by atomic mass is 16.2. The number of amides is 3. The number of rotatable bonds is 4. The average molecular weight is 328 g/mol. The first-order valence-corrected chi connectivity index (χ1v) is 8.93. The first kappa shape index (κ1) is 16.7. The smallest absolute Gasteiger partial charge is 0.261 e. The zero-order valence-electron chi connectivity index (χ0n) is 14.2. The molecule has 0 N–H and O–H groups in total. The van der Waals surface area contributed by atoms with E-state index in [1.807, 2.05) is 11.8 Å². The van der Waals surface area contributed by atoms with Crippen molar-refractivity contribution in [1.82, 2.24) is 9.80 Å². The molecule has 1 aromatic rings. The van der Waals surface area contributed by atoms with Crippen molar-refractivity contribution >= 4 is 17.7 Å². The predicted molar refractivity (Wildman–Crippen MR) is 91.1 cm³/mol. The molecule has 0 aromatic heterocycles. The quantitative estimate of drug-likeness (QED) is 0.798. The van der Waals surface area contributed by atoms with Crippen molar-refractivity contribution in [2.75, 3.05) is 19.6 Å². The molecule has 2 aliphatic rings. The highest BCUT2D eigenvalue weighted by molar-refractivity contribution is 6.22. The molecule has 0 spiro atoms. The molecule has 0 unspecified atom stereocenters. The van der Waals surface area contributed by atoms with Crippen LogP contribution < -0.4 is 0 Å². The van der Waals surface area contributed by atoms with Crippen LogP contribution in [0.25, 0.3) is 0 Å². The molecule has 5 nitrogen and oxygen atoms in total. The fourth-order valence-electron chi connectivity index (χ4n) is 3.40. The van der Waals surface area contributed by atoms with Crippen molar-refractivity contribution in [3.8, 4) is 0 Å². The summed E-state index contributed by atoms with van der Waals surface area (Å²) in [6.45, 7) is 4.01. The number of hydrogen-bond acceptors (Lipinski definition) is 3. The topological polar surface area (TPSA) is 57.7 Å². The van der Waals surface area contributed by atoms with E-state index in [1.54, 1.807) is 18.2 Å². The lowest BCUT2D eigenvalue weighted by molar-refractivity contribution is 0.0652. The first-order valence-electron chi connectivity index (χ1n) is 8.93. The van der Waals surface area contributed by atoms with Crippen LogP contribution in [0.1, 0.15) is 76.5 Å². The summed E-state index contributed by atoms with van der Waals surface area (Å²) in [5.74, 6) is -0.543. The number of likely N-dealkylation sites (tertiary alicyclic amines) is 1. The van der Waals surface area contributed by atoms with Crippen LogP contribution in [0.3, 0.4) is 0 Å². The summed E-state index contributed by atoms with van der Waals surface area (Å²) in [5.41, 5.74) is 1.30. The van der Waals surface area contributed by atoms with Gasteiger partial charge in [-0.3, -0.25) is 19.3 Å². The Morgan fingerprint density at radius 1 is 1.00 bits per heavy atom. The van der Waals surface area contributed by atoms with Crippen molar-refractivity contribution in [3.05, 3.63) is 34.9 Å². The zero-order chi connectivity index (χ0) is 17.1.